The highest BCUT2D eigenvalue weighted by atomic mass is 19.4. The third kappa shape index (κ3) is 4.79. The number of hydrogen-bond donors (Lipinski definition) is 3. The van der Waals surface area contributed by atoms with Crippen molar-refractivity contribution in [1.29, 1.82) is 0 Å². The molecule has 4 rings (SSSR count). The quantitative estimate of drug-likeness (QED) is 0.463. The second-order valence-corrected chi connectivity index (χ2v) is 7.22. The van der Waals surface area contributed by atoms with Crippen LogP contribution in [0.15, 0.2) is 60.7 Å². The van der Waals surface area contributed by atoms with Crippen molar-refractivity contribution in [2.24, 2.45) is 0 Å². The maximum atomic E-state index is 12.9. The molecule has 1 aliphatic heterocycles. The first-order valence-electron chi connectivity index (χ1n) is 9.64. The molecule has 0 aromatic heterocycles. The number of benzene rings is 3. The number of aryl methyl sites for hydroxylation is 1. The summed E-state index contributed by atoms with van der Waals surface area (Å²) in [5, 5.41) is 7.14. The van der Waals surface area contributed by atoms with Crippen LogP contribution < -0.4 is 20.7 Å². The van der Waals surface area contributed by atoms with Gasteiger partial charge in [0.05, 0.1) is 16.7 Å². The van der Waals surface area contributed by atoms with Gasteiger partial charge < -0.3 is 15.4 Å². The first kappa shape index (κ1) is 21.9. The Morgan fingerprint density at radius 1 is 0.848 bits per heavy atom. The van der Waals surface area contributed by atoms with Gasteiger partial charge in [-0.2, -0.15) is 13.2 Å². The molecule has 7 nitrogen and oxygen atoms in total. The highest BCUT2D eigenvalue weighted by Crippen LogP contribution is 2.32. The van der Waals surface area contributed by atoms with Gasteiger partial charge in [0.15, 0.2) is 0 Å². The molecule has 0 saturated carbocycles. The Balaban J connectivity index is 1.40. The number of imide groups is 1. The predicted octanol–water partition coefficient (Wildman–Crippen LogP) is 5.33. The van der Waals surface area contributed by atoms with Crippen LogP contribution in [-0.2, 0) is 6.18 Å². The summed E-state index contributed by atoms with van der Waals surface area (Å²) in [4.78, 5) is 35.6. The fourth-order valence-electron chi connectivity index (χ4n) is 3.17. The van der Waals surface area contributed by atoms with Crippen LogP contribution in [0.4, 0.5) is 29.3 Å². The van der Waals surface area contributed by atoms with Gasteiger partial charge in [-0.15, -0.1) is 0 Å². The first-order chi connectivity index (χ1) is 15.6. The van der Waals surface area contributed by atoms with Crippen LogP contribution in [0.3, 0.4) is 0 Å². The zero-order chi connectivity index (χ0) is 23.8. The number of amides is 4. The van der Waals surface area contributed by atoms with E-state index in [-0.39, 0.29) is 16.8 Å². The third-order valence-corrected chi connectivity index (χ3v) is 4.87. The lowest BCUT2D eigenvalue weighted by molar-refractivity contribution is -0.137. The Labute approximate surface area is 185 Å². The molecule has 1 aliphatic rings. The minimum atomic E-state index is -4.52. The van der Waals surface area contributed by atoms with E-state index in [0.717, 1.165) is 12.1 Å². The zero-order valence-corrected chi connectivity index (χ0v) is 17.0. The molecular weight excluding hydrogens is 439 g/mol. The topological polar surface area (TPSA) is 96.5 Å². The van der Waals surface area contributed by atoms with Crippen molar-refractivity contribution in [3.8, 4) is 11.5 Å². The van der Waals surface area contributed by atoms with Crippen molar-refractivity contribution in [2.75, 3.05) is 10.6 Å². The molecule has 0 radical (unpaired) electrons. The summed E-state index contributed by atoms with van der Waals surface area (Å²) < 4.78 is 44.4. The second-order valence-electron chi connectivity index (χ2n) is 7.22. The van der Waals surface area contributed by atoms with Gasteiger partial charge in [-0.1, -0.05) is 6.07 Å². The lowest BCUT2D eigenvalue weighted by atomic mass is 10.1. The van der Waals surface area contributed by atoms with E-state index >= 15 is 0 Å². The molecule has 0 spiro atoms. The average molecular weight is 455 g/mol. The molecule has 3 N–H and O–H groups in total. The molecule has 10 heteroatoms. The van der Waals surface area contributed by atoms with Gasteiger partial charge in [-0.05, 0) is 67.1 Å². The van der Waals surface area contributed by atoms with E-state index in [1.807, 2.05) is 0 Å². The Morgan fingerprint density at radius 2 is 1.52 bits per heavy atom. The van der Waals surface area contributed by atoms with E-state index in [4.69, 9.17) is 4.74 Å². The largest absolute Gasteiger partial charge is 0.457 e. The predicted molar refractivity (Wildman–Crippen MR) is 114 cm³/mol. The minimum absolute atomic E-state index is 0.0430. The number of carbonyl (C=O) groups is 3. The summed E-state index contributed by atoms with van der Waals surface area (Å²) in [6.07, 6.45) is -4.52. The van der Waals surface area contributed by atoms with Crippen molar-refractivity contribution in [3.05, 3.63) is 82.9 Å². The van der Waals surface area contributed by atoms with Crippen molar-refractivity contribution < 1.29 is 32.3 Å². The number of halogens is 3. The summed E-state index contributed by atoms with van der Waals surface area (Å²) >= 11 is 0. The van der Waals surface area contributed by atoms with Gasteiger partial charge in [-0.25, -0.2) is 4.79 Å². The van der Waals surface area contributed by atoms with Gasteiger partial charge in [-0.3, -0.25) is 14.9 Å². The van der Waals surface area contributed by atoms with Gasteiger partial charge in [0.1, 0.15) is 11.5 Å². The fraction of sp³-hybridized carbons (Fsp3) is 0.0870. The van der Waals surface area contributed by atoms with Crippen LogP contribution in [0.1, 0.15) is 31.8 Å². The monoisotopic (exact) mass is 455 g/mol. The number of urea groups is 1. The van der Waals surface area contributed by atoms with Crippen molar-refractivity contribution in [3.63, 3.8) is 0 Å². The molecule has 3 aromatic rings. The molecule has 1 heterocycles. The highest BCUT2D eigenvalue weighted by Gasteiger charge is 2.31. The molecular formula is C23H16F3N3O4. The molecule has 168 valence electrons. The van der Waals surface area contributed by atoms with E-state index in [0.29, 0.717) is 22.7 Å². The summed E-state index contributed by atoms with van der Waals surface area (Å²) in [5.74, 6) is -0.214. The molecule has 33 heavy (non-hydrogen) atoms. The third-order valence-electron chi connectivity index (χ3n) is 4.87. The Hall–Kier alpha value is -4.34. The smallest absolute Gasteiger partial charge is 0.416 e. The van der Waals surface area contributed by atoms with Crippen LogP contribution in [-0.4, -0.2) is 17.8 Å². The first-order valence-corrected chi connectivity index (χ1v) is 9.64. The SMILES string of the molecule is Cc1ccc(C(F)(F)F)cc1NC(=O)Nc1ccc(Oc2ccc3c(c2)C(=O)NC3=O)cc1. The fourth-order valence-corrected chi connectivity index (χ4v) is 3.17. The minimum Gasteiger partial charge on any atom is -0.457 e. The summed E-state index contributed by atoms with van der Waals surface area (Å²) in [5.41, 5.74) is 0.529. The summed E-state index contributed by atoms with van der Waals surface area (Å²) in [6.45, 7) is 1.58. The second kappa shape index (κ2) is 8.30. The molecule has 0 aliphatic carbocycles. The molecule has 3 aromatic carbocycles. The Kier molecular flexibility index (Phi) is 5.50. The number of fused-ring (bicyclic) bond motifs is 1. The lowest BCUT2D eigenvalue weighted by Crippen LogP contribution is -2.20. The number of nitrogens with one attached hydrogen (secondary N) is 3. The number of carbonyl (C=O) groups excluding carboxylic acids is 3. The normalized spacial score (nSPS) is 12.7. The van der Waals surface area contributed by atoms with E-state index in [9.17, 15) is 27.6 Å². The van der Waals surface area contributed by atoms with Crippen LogP contribution in [0, 0.1) is 6.92 Å². The molecule has 0 bridgehead atoms. The molecule has 4 amide bonds. The van der Waals surface area contributed by atoms with Crippen LogP contribution in [0.5, 0.6) is 11.5 Å². The number of rotatable bonds is 4. The zero-order valence-electron chi connectivity index (χ0n) is 17.0. The van der Waals surface area contributed by atoms with E-state index in [2.05, 4.69) is 16.0 Å². The van der Waals surface area contributed by atoms with Crippen molar-refractivity contribution in [2.45, 2.75) is 13.1 Å². The van der Waals surface area contributed by atoms with Crippen molar-refractivity contribution >= 4 is 29.2 Å². The molecule has 0 unspecified atom stereocenters. The van der Waals surface area contributed by atoms with E-state index in [1.54, 1.807) is 25.1 Å². The standard InChI is InChI=1S/C23H16F3N3O4/c1-12-2-3-13(23(24,25)26)10-19(12)28-22(32)27-14-4-6-15(7-5-14)33-16-8-9-17-18(11-16)21(31)29-20(17)30/h2-11H,1H3,(H2,27,28,32)(H,29,30,31). The maximum absolute atomic E-state index is 12.9. The van der Waals surface area contributed by atoms with Gasteiger partial charge in [0, 0.05) is 11.4 Å². The van der Waals surface area contributed by atoms with Gasteiger partial charge in [0.25, 0.3) is 11.8 Å². The molecule has 0 atom stereocenters. The van der Waals surface area contributed by atoms with Crippen LogP contribution in [0.25, 0.3) is 0 Å². The average Bonchev–Trinajstić information content (AvgIpc) is 3.03. The van der Waals surface area contributed by atoms with E-state index in [1.165, 1.54) is 30.3 Å². The summed E-state index contributed by atoms with van der Waals surface area (Å²) in [7, 11) is 0. The summed E-state index contributed by atoms with van der Waals surface area (Å²) in [6, 6.07) is 13.1. The Morgan fingerprint density at radius 3 is 2.21 bits per heavy atom. The van der Waals surface area contributed by atoms with Crippen molar-refractivity contribution in [1.82, 2.24) is 5.32 Å². The maximum Gasteiger partial charge on any atom is 0.416 e. The number of hydrogen-bond acceptors (Lipinski definition) is 4. The van der Waals surface area contributed by atoms with E-state index < -0.39 is 29.6 Å². The van der Waals surface area contributed by atoms with Crippen LogP contribution >= 0.6 is 0 Å². The van der Waals surface area contributed by atoms with Crippen LogP contribution in [0.2, 0.25) is 0 Å². The lowest BCUT2D eigenvalue weighted by Gasteiger charge is -2.13. The molecule has 0 fully saturated rings. The number of ether oxygens (including phenoxy) is 1. The molecule has 0 saturated heterocycles. The highest BCUT2D eigenvalue weighted by molar-refractivity contribution is 6.21. The van der Waals surface area contributed by atoms with Gasteiger partial charge in [0.2, 0.25) is 0 Å². The Bertz CT molecular complexity index is 1270. The van der Waals surface area contributed by atoms with Gasteiger partial charge >= 0.3 is 12.2 Å². The number of alkyl halides is 3. The number of anilines is 2.